The van der Waals surface area contributed by atoms with Crippen LogP contribution in [0.3, 0.4) is 0 Å². The lowest BCUT2D eigenvalue weighted by Gasteiger charge is -2.25. The summed E-state index contributed by atoms with van der Waals surface area (Å²) in [5.41, 5.74) is -1.10. The maximum absolute atomic E-state index is 11.7. The Bertz CT molecular complexity index is 305. The molecular formula is C13H25NO4. The number of esters is 1. The molecule has 0 saturated carbocycles. The molecule has 0 bridgehead atoms. The Morgan fingerprint density at radius 1 is 1.17 bits per heavy atom. The molecule has 0 fully saturated rings. The quantitative estimate of drug-likeness (QED) is 0.762. The fourth-order valence-electron chi connectivity index (χ4n) is 1.20. The third kappa shape index (κ3) is 7.27. The molecule has 18 heavy (non-hydrogen) atoms. The zero-order chi connectivity index (χ0) is 14.6. The van der Waals surface area contributed by atoms with Gasteiger partial charge in [0.15, 0.2) is 0 Å². The lowest BCUT2D eigenvalue weighted by Crippen LogP contribution is -2.44. The zero-order valence-corrected chi connectivity index (χ0v) is 12.4. The highest BCUT2D eigenvalue weighted by molar-refractivity contribution is 5.84. The van der Waals surface area contributed by atoms with Crippen LogP contribution in [0.15, 0.2) is 0 Å². The van der Waals surface area contributed by atoms with Crippen molar-refractivity contribution in [3.63, 3.8) is 0 Å². The second-order valence-corrected chi connectivity index (χ2v) is 5.96. The molecule has 0 aromatic heterocycles. The van der Waals surface area contributed by atoms with E-state index < -0.39 is 23.2 Å². The molecule has 1 N–H and O–H groups in total. The largest absolute Gasteiger partial charge is 0.458 e. The second-order valence-electron chi connectivity index (χ2n) is 5.96. The summed E-state index contributed by atoms with van der Waals surface area (Å²) >= 11 is 0. The van der Waals surface area contributed by atoms with Gasteiger partial charge >= 0.3 is 5.97 Å². The molecule has 0 aromatic rings. The van der Waals surface area contributed by atoms with Gasteiger partial charge in [-0.05, 0) is 41.5 Å². The molecule has 1 amide bonds. The Balaban J connectivity index is 4.28. The Morgan fingerprint density at radius 3 is 2.06 bits per heavy atom. The molecular weight excluding hydrogens is 234 g/mol. The number of hydrogen-bond donors (Lipinski definition) is 1. The molecule has 5 heteroatoms. The predicted molar refractivity (Wildman–Crippen MR) is 69.2 cm³/mol. The summed E-state index contributed by atoms with van der Waals surface area (Å²) < 4.78 is 10.3. The van der Waals surface area contributed by atoms with Gasteiger partial charge < -0.3 is 14.8 Å². The van der Waals surface area contributed by atoms with E-state index in [0.29, 0.717) is 0 Å². The third-order valence-corrected chi connectivity index (χ3v) is 2.28. The minimum Gasteiger partial charge on any atom is -0.458 e. The van der Waals surface area contributed by atoms with Crippen LogP contribution in [0.2, 0.25) is 0 Å². The minimum absolute atomic E-state index is 0.191. The molecule has 0 saturated heterocycles. The van der Waals surface area contributed by atoms with Gasteiger partial charge in [0, 0.05) is 7.11 Å². The van der Waals surface area contributed by atoms with Crippen molar-refractivity contribution in [2.75, 3.05) is 7.11 Å². The van der Waals surface area contributed by atoms with E-state index in [2.05, 4.69) is 5.32 Å². The topological polar surface area (TPSA) is 64.6 Å². The standard InChI is InChI=1S/C13H25NO4/c1-9(11(16)18-12(2,3)4)14-10(15)8-13(5,6)17-7/h9H,8H2,1-7H3,(H,14,15)/t9-/m1/s1. The highest BCUT2D eigenvalue weighted by Gasteiger charge is 2.26. The molecule has 106 valence electrons. The van der Waals surface area contributed by atoms with Gasteiger partial charge in [-0.1, -0.05) is 0 Å². The number of nitrogens with one attached hydrogen (secondary N) is 1. The molecule has 0 radical (unpaired) electrons. The summed E-state index contributed by atoms with van der Waals surface area (Å²) in [6, 6.07) is -0.663. The number of methoxy groups -OCH3 is 1. The molecule has 0 spiro atoms. The SMILES string of the molecule is COC(C)(C)CC(=O)N[C@H](C)C(=O)OC(C)(C)C. The first-order valence-corrected chi connectivity index (χ1v) is 6.04. The maximum Gasteiger partial charge on any atom is 0.328 e. The average molecular weight is 259 g/mol. The van der Waals surface area contributed by atoms with Crippen molar-refractivity contribution in [2.24, 2.45) is 0 Å². The molecule has 0 heterocycles. The minimum atomic E-state index is -0.663. The van der Waals surface area contributed by atoms with E-state index in [1.165, 1.54) is 0 Å². The normalized spacial score (nSPS) is 13.9. The van der Waals surface area contributed by atoms with Crippen LogP contribution in [0.5, 0.6) is 0 Å². The van der Waals surface area contributed by atoms with Crippen molar-refractivity contribution in [1.82, 2.24) is 5.32 Å². The number of carbonyl (C=O) groups is 2. The smallest absolute Gasteiger partial charge is 0.328 e. The van der Waals surface area contributed by atoms with Crippen LogP contribution >= 0.6 is 0 Å². The van der Waals surface area contributed by atoms with E-state index in [1.807, 2.05) is 13.8 Å². The van der Waals surface area contributed by atoms with E-state index >= 15 is 0 Å². The number of rotatable bonds is 5. The fraction of sp³-hybridized carbons (Fsp3) is 0.846. The lowest BCUT2D eigenvalue weighted by atomic mass is 10.0. The Hall–Kier alpha value is -1.10. The van der Waals surface area contributed by atoms with Crippen LogP contribution in [0.1, 0.15) is 48.0 Å². The van der Waals surface area contributed by atoms with Crippen molar-refractivity contribution in [3.8, 4) is 0 Å². The van der Waals surface area contributed by atoms with E-state index in [1.54, 1.807) is 34.8 Å². The number of hydrogen-bond acceptors (Lipinski definition) is 4. The van der Waals surface area contributed by atoms with Gasteiger partial charge in [0.1, 0.15) is 11.6 Å². The molecule has 0 rings (SSSR count). The molecule has 1 atom stereocenters. The summed E-state index contributed by atoms with van der Waals surface area (Å²) in [6.07, 6.45) is 0.191. The first-order chi connectivity index (χ1) is 7.97. The third-order valence-electron chi connectivity index (χ3n) is 2.28. The Kier molecular flexibility index (Phi) is 5.80. The van der Waals surface area contributed by atoms with E-state index in [9.17, 15) is 9.59 Å². The van der Waals surface area contributed by atoms with E-state index in [-0.39, 0.29) is 12.3 Å². The van der Waals surface area contributed by atoms with Crippen molar-refractivity contribution in [1.29, 1.82) is 0 Å². The van der Waals surface area contributed by atoms with Crippen LogP contribution in [0, 0.1) is 0 Å². The summed E-state index contributed by atoms with van der Waals surface area (Å²) in [5, 5.41) is 2.60. The zero-order valence-electron chi connectivity index (χ0n) is 12.4. The van der Waals surface area contributed by atoms with Crippen LogP contribution in [-0.4, -0.2) is 36.2 Å². The molecule has 0 unspecified atom stereocenters. The van der Waals surface area contributed by atoms with E-state index in [4.69, 9.17) is 9.47 Å². The van der Waals surface area contributed by atoms with Gasteiger partial charge in [-0.15, -0.1) is 0 Å². The number of carbonyl (C=O) groups excluding carboxylic acids is 2. The van der Waals surface area contributed by atoms with Crippen LogP contribution < -0.4 is 5.32 Å². The lowest BCUT2D eigenvalue weighted by molar-refractivity contribution is -0.158. The number of ether oxygens (including phenoxy) is 2. The Morgan fingerprint density at radius 2 is 1.67 bits per heavy atom. The fourth-order valence-corrected chi connectivity index (χ4v) is 1.20. The van der Waals surface area contributed by atoms with Gasteiger partial charge in [0.25, 0.3) is 0 Å². The summed E-state index contributed by atoms with van der Waals surface area (Å²) in [6.45, 7) is 10.6. The summed E-state index contributed by atoms with van der Waals surface area (Å²) in [5.74, 6) is -0.675. The Labute approximate surface area is 109 Å². The first kappa shape index (κ1) is 16.9. The molecule has 0 aliphatic carbocycles. The van der Waals surface area contributed by atoms with Gasteiger partial charge in [-0.2, -0.15) is 0 Å². The van der Waals surface area contributed by atoms with Crippen molar-refractivity contribution < 1.29 is 19.1 Å². The van der Waals surface area contributed by atoms with Gasteiger partial charge in [0.2, 0.25) is 5.91 Å². The number of amides is 1. The molecule has 0 aliphatic heterocycles. The van der Waals surface area contributed by atoms with Crippen LogP contribution in [0.25, 0.3) is 0 Å². The molecule has 5 nitrogen and oxygen atoms in total. The maximum atomic E-state index is 11.7. The molecule has 0 aromatic carbocycles. The highest BCUT2D eigenvalue weighted by atomic mass is 16.6. The predicted octanol–water partition coefficient (Wildman–Crippen LogP) is 1.65. The van der Waals surface area contributed by atoms with Crippen LogP contribution in [0.4, 0.5) is 0 Å². The van der Waals surface area contributed by atoms with Gasteiger partial charge in [-0.25, -0.2) is 4.79 Å². The van der Waals surface area contributed by atoms with Crippen molar-refractivity contribution in [3.05, 3.63) is 0 Å². The summed E-state index contributed by atoms with van der Waals surface area (Å²) in [7, 11) is 1.55. The average Bonchev–Trinajstić information content (AvgIpc) is 2.13. The molecule has 0 aliphatic rings. The first-order valence-electron chi connectivity index (χ1n) is 6.04. The highest BCUT2D eigenvalue weighted by Crippen LogP contribution is 2.13. The van der Waals surface area contributed by atoms with E-state index in [0.717, 1.165) is 0 Å². The van der Waals surface area contributed by atoms with Crippen molar-refractivity contribution in [2.45, 2.75) is 65.2 Å². The second kappa shape index (κ2) is 6.18. The monoisotopic (exact) mass is 259 g/mol. The van der Waals surface area contributed by atoms with Crippen molar-refractivity contribution >= 4 is 11.9 Å². The van der Waals surface area contributed by atoms with Gasteiger partial charge in [0.05, 0.1) is 12.0 Å². The summed E-state index contributed by atoms with van der Waals surface area (Å²) in [4.78, 5) is 23.4. The van der Waals surface area contributed by atoms with Crippen LogP contribution in [-0.2, 0) is 19.1 Å². The van der Waals surface area contributed by atoms with Gasteiger partial charge in [-0.3, -0.25) is 4.79 Å².